The van der Waals surface area contributed by atoms with E-state index in [4.69, 9.17) is 4.74 Å². The average Bonchev–Trinajstić information content (AvgIpc) is 3.50. The third-order valence-corrected chi connectivity index (χ3v) is 6.47. The zero-order valence-corrected chi connectivity index (χ0v) is 18.3. The summed E-state index contributed by atoms with van der Waals surface area (Å²) < 4.78 is 5.38. The molecule has 2 saturated heterocycles. The van der Waals surface area contributed by atoms with E-state index in [2.05, 4.69) is 21.7 Å². The predicted molar refractivity (Wildman–Crippen MR) is 118 cm³/mol. The van der Waals surface area contributed by atoms with E-state index in [0.717, 1.165) is 17.3 Å². The molecule has 0 saturated carbocycles. The van der Waals surface area contributed by atoms with Gasteiger partial charge in [0.05, 0.1) is 13.2 Å². The van der Waals surface area contributed by atoms with Crippen molar-refractivity contribution >= 4 is 22.7 Å². The highest BCUT2D eigenvalue weighted by Gasteiger charge is 2.39. The summed E-state index contributed by atoms with van der Waals surface area (Å²) in [4.78, 5) is 31.1. The number of ether oxygens (including phenoxy) is 1. The Bertz CT molecular complexity index is 1040. The molecule has 3 heterocycles. The van der Waals surface area contributed by atoms with Gasteiger partial charge in [0.15, 0.2) is 0 Å². The number of aliphatic hydroxyl groups excluding tert-OH is 1. The minimum atomic E-state index is -0.716. The molecule has 170 valence electrons. The van der Waals surface area contributed by atoms with E-state index in [0.29, 0.717) is 37.4 Å². The zero-order valence-electron chi connectivity index (χ0n) is 18.3. The highest BCUT2D eigenvalue weighted by molar-refractivity contribution is 6.01. The molecule has 2 aliphatic heterocycles. The van der Waals surface area contributed by atoms with Crippen LogP contribution in [-0.4, -0.2) is 65.3 Å². The summed E-state index contributed by atoms with van der Waals surface area (Å²) in [6, 6.07) is 8.06. The van der Waals surface area contributed by atoms with Crippen molar-refractivity contribution in [2.24, 2.45) is 11.8 Å². The van der Waals surface area contributed by atoms with Gasteiger partial charge < -0.3 is 25.0 Å². The van der Waals surface area contributed by atoms with Gasteiger partial charge in [-0.2, -0.15) is 5.26 Å². The molecular weight excluding hydrogens is 410 g/mol. The molecule has 5 atom stereocenters. The van der Waals surface area contributed by atoms with E-state index in [1.807, 2.05) is 25.1 Å². The molecule has 0 aliphatic carbocycles. The van der Waals surface area contributed by atoms with Crippen LogP contribution in [0.1, 0.15) is 36.7 Å². The second-order valence-corrected chi connectivity index (χ2v) is 8.79. The number of fused-ring (bicyclic) bond motifs is 1. The van der Waals surface area contributed by atoms with Crippen molar-refractivity contribution in [3.63, 3.8) is 0 Å². The Morgan fingerprint density at radius 3 is 2.94 bits per heavy atom. The first kappa shape index (κ1) is 22.1. The SMILES string of the molecule is COc1cccc2[nH]c(C(=O)N3CC(C)CC3C(=O)NC(C#N)CC3CCNC3O)cc12. The Morgan fingerprint density at radius 2 is 2.25 bits per heavy atom. The van der Waals surface area contributed by atoms with Crippen LogP contribution in [0, 0.1) is 23.2 Å². The second-order valence-electron chi connectivity index (χ2n) is 8.79. The van der Waals surface area contributed by atoms with Crippen LogP contribution in [0.2, 0.25) is 0 Å². The number of benzene rings is 1. The minimum Gasteiger partial charge on any atom is -0.496 e. The number of hydrogen-bond acceptors (Lipinski definition) is 6. The molecule has 2 fully saturated rings. The van der Waals surface area contributed by atoms with Crippen molar-refractivity contribution in [2.45, 2.75) is 44.5 Å². The number of carbonyl (C=O) groups excluding carboxylic acids is 2. The van der Waals surface area contributed by atoms with Crippen LogP contribution in [0.3, 0.4) is 0 Å². The van der Waals surface area contributed by atoms with Gasteiger partial charge in [0, 0.05) is 23.4 Å². The van der Waals surface area contributed by atoms with Crippen LogP contribution < -0.4 is 15.4 Å². The number of methoxy groups -OCH3 is 1. The maximum Gasteiger partial charge on any atom is 0.270 e. The Labute approximate surface area is 186 Å². The molecule has 2 aromatic rings. The fourth-order valence-corrected chi connectivity index (χ4v) is 4.80. The number of hydrogen-bond donors (Lipinski definition) is 4. The fraction of sp³-hybridized carbons (Fsp3) is 0.522. The molecule has 0 radical (unpaired) electrons. The molecule has 4 N–H and O–H groups in total. The third kappa shape index (κ3) is 4.29. The number of aromatic nitrogens is 1. The Balaban J connectivity index is 1.49. The lowest BCUT2D eigenvalue weighted by Gasteiger charge is -2.25. The molecular formula is C23H29N5O4. The highest BCUT2D eigenvalue weighted by Crippen LogP contribution is 2.29. The summed E-state index contributed by atoms with van der Waals surface area (Å²) in [5.74, 6) is 0.166. The summed E-state index contributed by atoms with van der Waals surface area (Å²) in [7, 11) is 1.58. The Hall–Kier alpha value is -3.09. The van der Waals surface area contributed by atoms with Gasteiger partial charge in [-0.3, -0.25) is 14.9 Å². The molecule has 2 amide bonds. The zero-order chi connectivity index (χ0) is 22.8. The van der Waals surface area contributed by atoms with Crippen molar-refractivity contribution < 1.29 is 19.4 Å². The van der Waals surface area contributed by atoms with Crippen LogP contribution in [-0.2, 0) is 4.79 Å². The monoisotopic (exact) mass is 439 g/mol. The van der Waals surface area contributed by atoms with E-state index in [-0.39, 0.29) is 23.7 Å². The van der Waals surface area contributed by atoms with Crippen molar-refractivity contribution in [3.8, 4) is 11.8 Å². The molecule has 1 aromatic heterocycles. The molecule has 32 heavy (non-hydrogen) atoms. The molecule has 4 rings (SSSR count). The van der Waals surface area contributed by atoms with Gasteiger partial charge in [-0.1, -0.05) is 13.0 Å². The summed E-state index contributed by atoms with van der Waals surface area (Å²) in [5.41, 5.74) is 1.18. The first-order valence-electron chi connectivity index (χ1n) is 11.0. The number of H-pyrrole nitrogens is 1. The first-order chi connectivity index (χ1) is 15.4. The average molecular weight is 440 g/mol. The van der Waals surface area contributed by atoms with Gasteiger partial charge in [-0.15, -0.1) is 0 Å². The van der Waals surface area contributed by atoms with Crippen LogP contribution in [0.25, 0.3) is 10.9 Å². The molecule has 0 bridgehead atoms. The number of nitrogens with zero attached hydrogens (tertiary/aromatic N) is 2. The quantitative estimate of drug-likeness (QED) is 0.538. The highest BCUT2D eigenvalue weighted by atomic mass is 16.5. The van der Waals surface area contributed by atoms with Gasteiger partial charge >= 0.3 is 0 Å². The smallest absolute Gasteiger partial charge is 0.270 e. The van der Waals surface area contributed by atoms with E-state index in [1.54, 1.807) is 18.1 Å². The van der Waals surface area contributed by atoms with Crippen molar-refractivity contribution in [1.29, 1.82) is 5.26 Å². The van der Waals surface area contributed by atoms with Crippen LogP contribution in [0.4, 0.5) is 0 Å². The lowest BCUT2D eigenvalue weighted by molar-refractivity contribution is -0.125. The fourth-order valence-electron chi connectivity index (χ4n) is 4.80. The molecule has 1 aromatic carbocycles. The third-order valence-electron chi connectivity index (χ3n) is 6.47. The maximum atomic E-state index is 13.3. The van der Waals surface area contributed by atoms with Crippen LogP contribution in [0.5, 0.6) is 5.75 Å². The number of aliphatic hydroxyl groups is 1. The normalized spacial score (nSPS) is 26.1. The van der Waals surface area contributed by atoms with Gasteiger partial charge in [-0.05, 0) is 49.9 Å². The van der Waals surface area contributed by atoms with Crippen molar-refractivity contribution in [1.82, 2.24) is 20.5 Å². The number of carbonyl (C=O) groups is 2. The van der Waals surface area contributed by atoms with Crippen molar-refractivity contribution in [3.05, 3.63) is 30.0 Å². The van der Waals surface area contributed by atoms with Gasteiger partial charge in [0.25, 0.3) is 5.91 Å². The number of nitriles is 1. The number of aromatic amines is 1. The van der Waals surface area contributed by atoms with Crippen LogP contribution >= 0.6 is 0 Å². The lowest BCUT2D eigenvalue weighted by Crippen LogP contribution is -2.49. The predicted octanol–water partition coefficient (Wildman–Crippen LogP) is 1.35. The summed E-state index contributed by atoms with van der Waals surface area (Å²) in [6.45, 7) is 3.16. The second kappa shape index (κ2) is 9.18. The van der Waals surface area contributed by atoms with Crippen LogP contribution in [0.15, 0.2) is 24.3 Å². The van der Waals surface area contributed by atoms with E-state index in [1.165, 1.54) is 0 Å². The minimum absolute atomic E-state index is 0.0819. The largest absolute Gasteiger partial charge is 0.496 e. The topological polar surface area (TPSA) is 130 Å². The van der Waals surface area contributed by atoms with Gasteiger partial charge in [-0.25, -0.2) is 0 Å². The molecule has 9 heteroatoms. The number of amides is 2. The van der Waals surface area contributed by atoms with E-state index < -0.39 is 18.3 Å². The van der Waals surface area contributed by atoms with E-state index >= 15 is 0 Å². The standard InChI is InChI=1S/C23H29N5O4/c1-13-8-19(22(30)26-15(11-24)9-14-6-7-25-21(14)29)28(12-13)23(31)18-10-16-17(27-18)4-3-5-20(16)32-2/h3-5,10,13-15,19,21,25,27,29H,6-9,12H2,1-2H3,(H,26,30). The maximum absolute atomic E-state index is 13.3. The molecule has 9 nitrogen and oxygen atoms in total. The van der Waals surface area contributed by atoms with Gasteiger partial charge in [0.2, 0.25) is 5.91 Å². The van der Waals surface area contributed by atoms with Crippen molar-refractivity contribution in [2.75, 3.05) is 20.2 Å². The summed E-state index contributed by atoms with van der Waals surface area (Å²) >= 11 is 0. The van der Waals surface area contributed by atoms with E-state index in [9.17, 15) is 20.0 Å². The Kier molecular flexibility index (Phi) is 6.35. The Morgan fingerprint density at radius 1 is 1.44 bits per heavy atom. The lowest BCUT2D eigenvalue weighted by atomic mass is 9.98. The number of nitrogens with one attached hydrogen (secondary N) is 3. The molecule has 2 aliphatic rings. The number of rotatable bonds is 6. The first-order valence-corrected chi connectivity index (χ1v) is 11.0. The summed E-state index contributed by atoms with van der Waals surface area (Å²) in [5, 5.41) is 26.0. The molecule has 0 spiro atoms. The molecule has 5 unspecified atom stereocenters. The summed E-state index contributed by atoms with van der Waals surface area (Å²) in [6.07, 6.45) is 0.997. The van der Waals surface area contributed by atoms with Gasteiger partial charge in [0.1, 0.15) is 29.8 Å². The number of likely N-dealkylation sites (tertiary alicyclic amines) is 1.